The summed E-state index contributed by atoms with van der Waals surface area (Å²) in [7, 11) is 1.98. The summed E-state index contributed by atoms with van der Waals surface area (Å²) in [5, 5.41) is 15.6. The Morgan fingerprint density at radius 1 is 1.13 bits per heavy atom. The molecule has 7 heteroatoms. The van der Waals surface area contributed by atoms with Crippen LogP contribution < -0.4 is 10.6 Å². The first-order valence-electron chi connectivity index (χ1n) is 11.1. The van der Waals surface area contributed by atoms with Gasteiger partial charge in [0.15, 0.2) is 11.8 Å². The highest BCUT2D eigenvalue weighted by atomic mass is 15.3. The van der Waals surface area contributed by atoms with Crippen LogP contribution >= 0.6 is 0 Å². The fourth-order valence-corrected chi connectivity index (χ4v) is 3.83. The monoisotopic (exact) mass is 411 g/mol. The molecule has 1 aliphatic rings. The normalized spacial score (nSPS) is 17.0. The van der Waals surface area contributed by atoms with Gasteiger partial charge in [0.05, 0.1) is 6.04 Å². The SMILES string of the molecule is Cc1nnc(CN=C(NCC(C)(C)N2CCCCC2)NC(C)c2ccccc2)n1C. The molecule has 0 spiro atoms. The largest absolute Gasteiger partial charge is 0.355 e. The van der Waals surface area contributed by atoms with Crippen molar-refractivity contribution in [1.29, 1.82) is 0 Å². The highest BCUT2D eigenvalue weighted by Crippen LogP contribution is 2.20. The average Bonchev–Trinajstić information content (AvgIpc) is 3.09. The van der Waals surface area contributed by atoms with Gasteiger partial charge in [-0.25, -0.2) is 4.99 Å². The molecule has 1 saturated heterocycles. The van der Waals surface area contributed by atoms with Crippen LogP contribution in [0.25, 0.3) is 0 Å². The van der Waals surface area contributed by atoms with E-state index in [4.69, 9.17) is 4.99 Å². The predicted molar refractivity (Wildman–Crippen MR) is 122 cm³/mol. The number of aromatic nitrogens is 3. The Kier molecular flexibility index (Phi) is 7.48. The number of rotatable bonds is 7. The Labute approximate surface area is 181 Å². The second kappa shape index (κ2) is 10.1. The molecular weight excluding hydrogens is 374 g/mol. The van der Waals surface area contributed by atoms with E-state index in [2.05, 4.69) is 70.8 Å². The molecule has 1 aromatic carbocycles. The molecule has 2 N–H and O–H groups in total. The lowest BCUT2D eigenvalue weighted by Crippen LogP contribution is -2.55. The molecule has 1 unspecified atom stereocenters. The van der Waals surface area contributed by atoms with E-state index in [9.17, 15) is 0 Å². The molecule has 0 aliphatic carbocycles. The molecule has 0 radical (unpaired) electrons. The lowest BCUT2D eigenvalue weighted by atomic mass is 9.98. The number of piperidine rings is 1. The minimum absolute atomic E-state index is 0.0697. The van der Waals surface area contributed by atoms with E-state index < -0.39 is 0 Å². The number of guanidine groups is 1. The Balaban J connectivity index is 1.70. The summed E-state index contributed by atoms with van der Waals surface area (Å²) in [6, 6.07) is 10.6. The van der Waals surface area contributed by atoms with Crippen molar-refractivity contribution < 1.29 is 0 Å². The number of likely N-dealkylation sites (tertiary alicyclic amines) is 1. The van der Waals surface area contributed by atoms with Crippen molar-refractivity contribution >= 4 is 5.96 Å². The van der Waals surface area contributed by atoms with Crippen LogP contribution in [0.4, 0.5) is 0 Å². The molecule has 7 nitrogen and oxygen atoms in total. The van der Waals surface area contributed by atoms with E-state index in [0.29, 0.717) is 6.54 Å². The highest BCUT2D eigenvalue weighted by molar-refractivity contribution is 5.80. The van der Waals surface area contributed by atoms with Crippen LogP contribution in [0, 0.1) is 6.92 Å². The van der Waals surface area contributed by atoms with Crippen LogP contribution in [-0.4, -0.2) is 50.8 Å². The molecule has 30 heavy (non-hydrogen) atoms. The molecule has 0 amide bonds. The van der Waals surface area contributed by atoms with Crippen LogP contribution in [0.3, 0.4) is 0 Å². The summed E-state index contributed by atoms with van der Waals surface area (Å²) in [5.74, 6) is 2.56. The van der Waals surface area contributed by atoms with Crippen LogP contribution in [0.15, 0.2) is 35.3 Å². The van der Waals surface area contributed by atoms with Gasteiger partial charge in [-0.15, -0.1) is 10.2 Å². The number of nitrogens with one attached hydrogen (secondary N) is 2. The lowest BCUT2D eigenvalue weighted by Gasteiger charge is -2.41. The zero-order chi connectivity index (χ0) is 21.6. The maximum Gasteiger partial charge on any atom is 0.192 e. The molecule has 2 heterocycles. The van der Waals surface area contributed by atoms with Crippen molar-refractivity contribution in [1.82, 2.24) is 30.3 Å². The first kappa shape index (κ1) is 22.3. The summed E-state index contributed by atoms with van der Waals surface area (Å²) in [4.78, 5) is 7.43. The molecular formula is C23H37N7. The molecule has 3 rings (SSSR count). The number of hydrogen-bond donors (Lipinski definition) is 2. The quantitative estimate of drug-likeness (QED) is 0.541. The van der Waals surface area contributed by atoms with Gasteiger partial charge in [0.1, 0.15) is 12.4 Å². The Hall–Kier alpha value is -2.41. The highest BCUT2D eigenvalue weighted by Gasteiger charge is 2.28. The van der Waals surface area contributed by atoms with Crippen molar-refractivity contribution in [2.24, 2.45) is 12.0 Å². The third-order valence-corrected chi connectivity index (χ3v) is 6.11. The van der Waals surface area contributed by atoms with E-state index in [1.165, 1.54) is 37.9 Å². The van der Waals surface area contributed by atoms with Gasteiger partial charge in [-0.3, -0.25) is 4.90 Å². The second-order valence-electron chi connectivity index (χ2n) is 8.88. The molecule has 0 bridgehead atoms. The minimum Gasteiger partial charge on any atom is -0.355 e. The Morgan fingerprint density at radius 2 is 1.83 bits per heavy atom. The van der Waals surface area contributed by atoms with E-state index in [0.717, 1.165) is 24.2 Å². The number of aliphatic imine (C=N–C) groups is 1. The maximum absolute atomic E-state index is 4.83. The summed E-state index contributed by atoms with van der Waals surface area (Å²) in [6.45, 7) is 12.4. The van der Waals surface area contributed by atoms with E-state index >= 15 is 0 Å². The molecule has 1 atom stereocenters. The van der Waals surface area contributed by atoms with Crippen molar-refractivity contribution in [2.45, 2.75) is 65.1 Å². The lowest BCUT2D eigenvalue weighted by molar-refractivity contribution is 0.0982. The summed E-state index contributed by atoms with van der Waals surface area (Å²) >= 11 is 0. The fourth-order valence-electron chi connectivity index (χ4n) is 3.83. The van der Waals surface area contributed by atoms with Crippen molar-refractivity contribution in [2.75, 3.05) is 19.6 Å². The average molecular weight is 412 g/mol. The maximum atomic E-state index is 4.83. The van der Waals surface area contributed by atoms with E-state index in [1.807, 2.05) is 24.6 Å². The van der Waals surface area contributed by atoms with Gasteiger partial charge in [-0.05, 0) is 59.2 Å². The molecule has 164 valence electrons. The fraction of sp³-hybridized carbons (Fsp3) is 0.609. The second-order valence-corrected chi connectivity index (χ2v) is 8.88. The Bertz CT molecular complexity index is 819. The molecule has 0 saturated carbocycles. The predicted octanol–water partition coefficient (Wildman–Crippen LogP) is 3.18. The molecule has 1 fully saturated rings. The van der Waals surface area contributed by atoms with E-state index in [-0.39, 0.29) is 11.6 Å². The summed E-state index contributed by atoms with van der Waals surface area (Å²) in [6.07, 6.45) is 3.93. The molecule has 2 aromatic rings. The first-order chi connectivity index (χ1) is 14.4. The van der Waals surface area contributed by atoms with Crippen LogP contribution in [0.2, 0.25) is 0 Å². The van der Waals surface area contributed by atoms with E-state index in [1.54, 1.807) is 0 Å². The van der Waals surface area contributed by atoms with Crippen LogP contribution in [0.1, 0.15) is 63.3 Å². The number of nitrogens with zero attached hydrogens (tertiary/aromatic N) is 5. The number of benzene rings is 1. The van der Waals surface area contributed by atoms with Gasteiger partial charge in [0.2, 0.25) is 0 Å². The summed E-state index contributed by atoms with van der Waals surface area (Å²) in [5.41, 5.74) is 1.30. The standard InChI is InChI=1S/C23H37N7/c1-18(20-12-8-6-9-13-20)26-22(24-16-21-28-27-19(2)29(21)5)25-17-23(3,4)30-14-10-7-11-15-30/h6,8-9,12-13,18H,7,10-11,14-17H2,1-5H3,(H2,24,25,26). The number of aryl methyl sites for hydroxylation is 1. The van der Waals surface area contributed by atoms with Gasteiger partial charge < -0.3 is 15.2 Å². The summed E-state index contributed by atoms with van der Waals surface area (Å²) < 4.78 is 1.99. The number of hydrogen-bond acceptors (Lipinski definition) is 4. The van der Waals surface area contributed by atoms with Gasteiger partial charge in [-0.2, -0.15) is 0 Å². The Morgan fingerprint density at radius 3 is 2.47 bits per heavy atom. The third-order valence-electron chi connectivity index (χ3n) is 6.11. The zero-order valence-electron chi connectivity index (χ0n) is 19.1. The topological polar surface area (TPSA) is 70.4 Å². The molecule has 1 aliphatic heterocycles. The third kappa shape index (κ3) is 5.81. The van der Waals surface area contributed by atoms with Gasteiger partial charge >= 0.3 is 0 Å². The van der Waals surface area contributed by atoms with Crippen molar-refractivity contribution in [3.63, 3.8) is 0 Å². The van der Waals surface area contributed by atoms with Crippen LogP contribution in [-0.2, 0) is 13.6 Å². The molecule has 1 aromatic heterocycles. The smallest absolute Gasteiger partial charge is 0.192 e. The van der Waals surface area contributed by atoms with Gasteiger partial charge in [0, 0.05) is 19.1 Å². The van der Waals surface area contributed by atoms with Crippen LogP contribution in [0.5, 0.6) is 0 Å². The first-order valence-corrected chi connectivity index (χ1v) is 11.1. The zero-order valence-corrected chi connectivity index (χ0v) is 19.1. The minimum atomic E-state index is 0.0697. The van der Waals surface area contributed by atoms with Gasteiger partial charge in [-0.1, -0.05) is 36.8 Å². The van der Waals surface area contributed by atoms with Crippen molar-refractivity contribution in [3.05, 3.63) is 47.5 Å². The van der Waals surface area contributed by atoms with Gasteiger partial charge in [0.25, 0.3) is 0 Å². The van der Waals surface area contributed by atoms with Crippen molar-refractivity contribution in [3.8, 4) is 0 Å².